The van der Waals surface area contributed by atoms with Crippen LogP contribution < -0.4 is 5.32 Å². The molecule has 2 atom stereocenters. The first-order chi connectivity index (χ1) is 7.74. The molecule has 1 saturated heterocycles. The monoisotopic (exact) mass is 256 g/mol. The van der Waals surface area contributed by atoms with Crippen LogP contribution in [0.15, 0.2) is 0 Å². The lowest BCUT2D eigenvalue weighted by molar-refractivity contribution is -0.150. The van der Waals surface area contributed by atoms with E-state index in [0.29, 0.717) is 13.1 Å². The second-order valence-corrected chi connectivity index (χ2v) is 5.11. The Morgan fingerprint density at radius 2 is 1.94 bits per heavy atom. The standard InChI is InChI=1S/C11H20F4N2/c1-7(2)9-4-16-8(3)5-17(9)6-11(14,15)10(12)13/h7-10,16H,4-6H2,1-3H3. The molecule has 0 aromatic rings. The van der Waals surface area contributed by atoms with Crippen molar-refractivity contribution in [3.63, 3.8) is 0 Å². The van der Waals surface area contributed by atoms with E-state index in [9.17, 15) is 17.6 Å². The number of halogens is 4. The van der Waals surface area contributed by atoms with Crippen LogP contribution in [0.1, 0.15) is 20.8 Å². The zero-order valence-corrected chi connectivity index (χ0v) is 10.4. The fraction of sp³-hybridized carbons (Fsp3) is 1.00. The topological polar surface area (TPSA) is 15.3 Å². The molecule has 0 saturated carbocycles. The summed E-state index contributed by atoms with van der Waals surface area (Å²) in [7, 11) is 0. The average Bonchev–Trinajstić information content (AvgIpc) is 2.15. The van der Waals surface area contributed by atoms with Crippen molar-refractivity contribution in [1.82, 2.24) is 10.2 Å². The van der Waals surface area contributed by atoms with Gasteiger partial charge in [0.1, 0.15) is 0 Å². The Labute approximate surface area is 99.4 Å². The van der Waals surface area contributed by atoms with Gasteiger partial charge in [-0.25, -0.2) is 8.78 Å². The van der Waals surface area contributed by atoms with Gasteiger partial charge in [0.2, 0.25) is 0 Å². The Morgan fingerprint density at radius 1 is 1.35 bits per heavy atom. The maximum Gasteiger partial charge on any atom is 0.319 e. The van der Waals surface area contributed by atoms with Gasteiger partial charge < -0.3 is 5.32 Å². The maximum atomic E-state index is 13.1. The highest BCUT2D eigenvalue weighted by Gasteiger charge is 2.44. The number of rotatable bonds is 4. The Balaban J connectivity index is 2.70. The molecule has 1 aliphatic rings. The lowest BCUT2D eigenvalue weighted by Crippen LogP contribution is -2.60. The SMILES string of the molecule is CC1CN(CC(F)(F)C(F)F)C(C(C)C)CN1. The third-order valence-corrected chi connectivity index (χ3v) is 3.16. The lowest BCUT2D eigenvalue weighted by atomic mass is 9.98. The van der Waals surface area contributed by atoms with Crippen molar-refractivity contribution in [1.29, 1.82) is 0 Å². The average molecular weight is 256 g/mol. The van der Waals surface area contributed by atoms with E-state index in [2.05, 4.69) is 5.32 Å². The second kappa shape index (κ2) is 5.52. The Kier molecular flexibility index (Phi) is 4.77. The van der Waals surface area contributed by atoms with Crippen molar-refractivity contribution in [2.45, 2.75) is 45.2 Å². The van der Waals surface area contributed by atoms with Crippen LogP contribution in [0.5, 0.6) is 0 Å². The van der Waals surface area contributed by atoms with Crippen molar-refractivity contribution in [2.24, 2.45) is 5.92 Å². The Hall–Kier alpha value is -0.360. The first-order valence-electron chi connectivity index (χ1n) is 5.87. The molecule has 2 unspecified atom stereocenters. The molecule has 1 N–H and O–H groups in total. The van der Waals surface area contributed by atoms with Gasteiger partial charge in [0.15, 0.2) is 0 Å². The number of piperazine rings is 1. The van der Waals surface area contributed by atoms with E-state index in [1.54, 1.807) is 0 Å². The first kappa shape index (κ1) is 14.7. The highest BCUT2D eigenvalue weighted by atomic mass is 19.3. The van der Waals surface area contributed by atoms with Gasteiger partial charge >= 0.3 is 12.3 Å². The van der Waals surface area contributed by atoms with E-state index >= 15 is 0 Å². The minimum Gasteiger partial charge on any atom is -0.311 e. The highest BCUT2D eigenvalue weighted by molar-refractivity contribution is 4.89. The van der Waals surface area contributed by atoms with E-state index in [0.717, 1.165) is 0 Å². The fourth-order valence-electron chi connectivity index (χ4n) is 2.18. The first-order valence-corrected chi connectivity index (χ1v) is 5.87. The van der Waals surface area contributed by atoms with E-state index in [4.69, 9.17) is 0 Å². The van der Waals surface area contributed by atoms with Crippen molar-refractivity contribution in [3.8, 4) is 0 Å². The summed E-state index contributed by atoms with van der Waals surface area (Å²) < 4.78 is 50.6. The summed E-state index contributed by atoms with van der Waals surface area (Å²) in [6, 6.07) is -0.0608. The molecule has 1 rings (SSSR count). The summed E-state index contributed by atoms with van der Waals surface area (Å²) in [6.07, 6.45) is -3.60. The summed E-state index contributed by atoms with van der Waals surface area (Å²) >= 11 is 0. The van der Waals surface area contributed by atoms with Gasteiger partial charge in [-0.3, -0.25) is 4.90 Å². The van der Waals surface area contributed by atoms with Crippen molar-refractivity contribution >= 4 is 0 Å². The molecule has 1 heterocycles. The van der Waals surface area contributed by atoms with Crippen LogP contribution in [0.3, 0.4) is 0 Å². The quantitative estimate of drug-likeness (QED) is 0.776. The number of nitrogens with zero attached hydrogens (tertiary/aromatic N) is 1. The van der Waals surface area contributed by atoms with Crippen molar-refractivity contribution < 1.29 is 17.6 Å². The molecular formula is C11H20F4N2. The van der Waals surface area contributed by atoms with Gasteiger partial charge in [-0.05, 0) is 12.8 Å². The third kappa shape index (κ3) is 3.81. The van der Waals surface area contributed by atoms with Crippen molar-refractivity contribution in [3.05, 3.63) is 0 Å². The molecule has 1 fully saturated rings. The van der Waals surface area contributed by atoms with Crippen LogP contribution in [0.2, 0.25) is 0 Å². The van der Waals surface area contributed by atoms with Crippen molar-refractivity contribution in [2.75, 3.05) is 19.6 Å². The van der Waals surface area contributed by atoms with Crippen LogP contribution in [-0.4, -0.2) is 49.0 Å². The molecule has 0 amide bonds. The molecular weight excluding hydrogens is 236 g/mol. The molecule has 0 bridgehead atoms. The minimum absolute atomic E-state index is 0.0541. The van der Waals surface area contributed by atoms with E-state index in [1.807, 2.05) is 20.8 Å². The van der Waals surface area contributed by atoms with E-state index < -0.39 is 18.9 Å². The molecule has 6 heteroatoms. The molecule has 17 heavy (non-hydrogen) atoms. The molecule has 0 aliphatic carbocycles. The molecule has 0 aromatic heterocycles. The number of nitrogens with one attached hydrogen (secondary N) is 1. The normalized spacial score (nSPS) is 28.1. The fourth-order valence-corrected chi connectivity index (χ4v) is 2.18. The molecule has 1 aliphatic heterocycles. The van der Waals surface area contributed by atoms with Gasteiger partial charge in [0, 0.05) is 25.2 Å². The number of hydrogen-bond donors (Lipinski definition) is 1. The van der Waals surface area contributed by atoms with Crippen LogP contribution in [0.4, 0.5) is 17.6 Å². The Morgan fingerprint density at radius 3 is 2.41 bits per heavy atom. The molecule has 102 valence electrons. The lowest BCUT2D eigenvalue weighted by Gasteiger charge is -2.42. The number of hydrogen-bond acceptors (Lipinski definition) is 2. The molecule has 2 nitrogen and oxygen atoms in total. The second-order valence-electron chi connectivity index (χ2n) is 5.11. The zero-order chi connectivity index (χ0) is 13.2. The van der Waals surface area contributed by atoms with Gasteiger partial charge in [0.05, 0.1) is 6.54 Å². The Bertz CT molecular complexity index is 246. The summed E-state index contributed by atoms with van der Waals surface area (Å²) in [5.41, 5.74) is 0. The molecule has 0 spiro atoms. The maximum absolute atomic E-state index is 13.1. The van der Waals surface area contributed by atoms with Gasteiger partial charge in [-0.1, -0.05) is 13.8 Å². The third-order valence-electron chi connectivity index (χ3n) is 3.16. The van der Waals surface area contributed by atoms with Crippen LogP contribution in [0.25, 0.3) is 0 Å². The summed E-state index contributed by atoms with van der Waals surface area (Å²) in [5, 5.41) is 3.18. The molecule has 0 aromatic carbocycles. The highest BCUT2D eigenvalue weighted by Crippen LogP contribution is 2.27. The van der Waals surface area contributed by atoms with Crippen LogP contribution in [-0.2, 0) is 0 Å². The predicted molar refractivity (Wildman–Crippen MR) is 58.6 cm³/mol. The van der Waals surface area contributed by atoms with Crippen LogP contribution >= 0.6 is 0 Å². The largest absolute Gasteiger partial charge is 0.319 e. The van der Waals surface area contributed by atoms with Gasteiger partial charge in [-0.15, -0.1) is 0 Å². The van der Waals surface area contributed by atoms with Crippen LogP contribution in [0, 0.1) is 5.92 Å². The summed E-state index contributed by atoms with van der Waals surface area (Å²) in [4.78, 5) is 1.48. The minimum atomic E-state index is -3.93. The summed E-state index contributed by atoms with van der Waals surface area (Å²) in [5.74, 6) is -3.77. The summed E-state index contributed by atoms with van der Waals surface area (Å²) in [6.45, 7) is 5.78. The van der Waals surface area contributed by atoms with E-state index in [1.165, 1.54) is 4.90 Å². The van der Waals surface area contributed by atoms with Gasteiger partial charge in [0.25, 0.3) is 0 Å². The van der Waals surface area contributed by atoms with Gasteiger partial charge in [-0.2, -0.15) is 8.78 Å². The zero-order valence-electron chi connectivity index (χ0n) is 10.4. The van der Waals surface area contributed by atoms with E-state index in [-0.39, 0.29) is 18.0 Å². The smallest absolute Gasteiger partial charge is 0.311 e. The molecule has 0 radical (unpaired) electrons. The predicted octanol–water partition coefficient (Wildman–Crippen LogP) is 2.21. The number of alkyl halides is 4.